The summed E-state index contributed by atoms with van der Waals surface area (Å²) in [7, 11) is 3.78. The van der Waals surface area contributed by atoms with Crippen molar-refractivity contribution in [1.82, 2.24) is 10.6 Å². The quantitative estimate of drug-likeness (QED) is 0.679. The van der Waals surface area contributed by atoms with Crippen molar-refractivity contribution in [1.29, 1.82) is 0 Å². The molecule has 1 aromatic rings. The smallest absolute Gasteiger partial charge is 0.228 e. The van der Waals surface area contributed by atoms with E-state index in [1.165, 1.54) is 5.69 Å². The van der Waals surface area contributed by atoms with Gasteiger partial charge in [0.2, 0.25) is 5.91 Å². The van der Waals surface area contributed by atoms with Crippen LogP contribution in [-0.2, 0) is 9.53 Å². The van der Waals surface area contributed by atoms with Crippen LogP contribution in [0.5, 0.6) is 0 Å². The van der Waals surface area contributed by atoms with Crippen LogP contribution < -0.4 is 15.5 Å². The summed E-state index contributed by atoms with van der Waals surface area (Å²) in [6, 6.07) is 10.4. The predicted octanol–water partition coefficient (Wildman–Crippen LogP) is 2.04. The molecule has 0 aliphatic carbocycles. The largest absolute Gasteiger partial charge is 0.384 e. The maximum Gasteiger partial charge on any atom is 0.228 e. The van der Waals surface area contributed by atoms with Crippen molar-refractivity contribution in [3.8, 4) is 0 Å². The first kappa shape index (κ1) is 18.7. The van der Waals surface area contributed by atoms with E-state index in [2.05, 4.69) is 46.8 Å². The van der Waals surface area contributed by atoms with E-state index < -0.39 is 0 Å². The Labute approximate surface area is 145 Å². The van der Waals surface area contributed by atoms with Gasteiger partial charge in [-0.05, 0) is 50.9 Å². The molecule has 0 radical (unpaired) electrons. The van der Waals surface area contributed by atoms with Crippen molar-refractivity contribution in [2.45, 2.75) is 25.7 Å². The molecule has 0 spiro atoms. The van der Waals surface area contributed by atoms with Crippen molar-refractivity contribution in [2.75, 3.05) is 51.8 Å². The fourth-order valence-electron chi connectivity index (χ4n) is 3.29. The Morgan fingerprint density at radius 2 is 1.96 bits per heavy atom. The van der Waals surface area contributed by atoms with Gasteiger partial charge in [0, 0.05) is 32.9 Å². The number of carbonyl (C=O) groups is 1. The fraction of sp³-hybridized carbons (Fsp3) is 0.632. The molecule has 0 aromatic heterocycles. The van der Waals surface area contributed by atoms with Gasteiger partial charge in [0.25, 0.3) is 0 Å². The van der Waals surface area contributed by atoms with E-state index in [1.54, 1.807) is 7.11 Å². The van der Waals surface area contributed by atoms with Crippen LogP contribution in [0.4, 0.5) is 5.69 Å². The number of ether oxygens (including phenoxy) is 1. The number of carbonyl (C=O) groups excluding carboxylic acids is 1. The number of para-hydroxylation sites is 1. The number of methoxy groups -OCH3 is 1. The molecule has 1 aliphatic rings. The standard InChI is InChI=1S/C19H31N3O2/c1-22(17-8-4-3-5-9-17)15-7-6-12-21-18(23)19(16-24-2)10-13-20-14-11-19/h3-5,8-9,20H,6-7,10-16H2,1-2H3,(H,21,23). The second-order valence-electron chi connectivity index (χ2n) is 6.68. The van der Waals surface area contributed by atoms with E-state index in [-0.39, 0.29) is 11.3 Å². The zero-order valence-electron chi connectivity index (χ0n) is 15.0. The molecule has 1 aromatic carbocycles. The number of piperidine rings is 1. The highest BCUT2D eigenvalue weighted by atomic mass is 16.5. The van der Waals surface area contributed by atoms with Gasteiger partial charge in [-0.2, -0.15) is 0 Å². The first-order valence-corrected chi connectivity index (χ1v) is 8.92. The SMILES string of the molecule is COCC1(C(=O)NCCCCN(C)c2ccccc2)CCNCC1. The van der Waals surface area contributed by atoms with Gasteiger partial charge in [-0.1, -0.05) is 18.2 Å². The first-order valence-electron chi connectivity index (χ1n) is 8.92. The van der Waals surface area contributed by atoms with E-state index in [4.69, 9.17) is 4.74 Å². The average Bonchev–Trinajstić information content (AvgIpc) is 2.63. The zero-order valence-corrected chi connectivity index (χ0v) is 15.0. The van der Waals surface area contributed by atoms with Crippen LogP contribution in [0.25, 0.3) is 0 Å². The number of nitrogens with one attached hydrogen (secondary N) is 2. The lowest BCUT2D eigenvalue weighted by Crippen LogP contribution is -2.50. The van der Waals surface area contributed by atoms with Gasteiger partial charge in [-0.15, -0.1) is 0 Å². The Morgan fingerprint density at radius 3 is 2.62 bits per heavy atom. The second kappa shape index (κ2) is 9.64. The third-order valence-corrected chi connectivity index (χ3v) is 4.87. The molecule has 0 unspecified atom stereocenters. The monoisotopic (exact) mass is 333 g/mol. The van der Waals surface area contributed by atoms with Crippen molar-refractivity contribution < 1.29 is 9.53 Å². The maximum absolute atomic E-state index is 12.6. The summed E-state index contributed by atoms with van der Waals surface area (Å²) in [5.41, 5.74) is 0.885. The van der Waals surface area contributed by atoms with Crippen LogP contribution >= 0.6 is 0 Å². The highest BCUT2D eigenvalue weighted by Crippen LogP contribution is 2.29. The van der Waals surface area contributed by atoms with Crippen molar-refractivity contribution in [3.05, 3.63) is 30.3 Å². The fourth-order valence-corrected chi connectivity index (χ4v) is 3.29. The normalized spacial score (nSPS) is 16.6. The first-order chi connectivity index (χ1) is 11.7. The highest BCUT2D eigenvalue weighted by molar-refractivity contribution is 5.83. The van der Waals surface area contributed by atoms with Crippen molar-refractivity contribution in [3.63, 3.8) is 0 Å². The topological polar surface area (TPSA) is 53.6 Å². The summed E-state index contributed by atoms with van der Waals surface area (Å²) in [6.45, 7) is 4.02. The molecule has 5 heteroatoms. The summed E-state index contributed by atoms with van der Waals surface area (Å²) in [6.07, 6.45) is 3.75. The Bertz CT molecular complexity index is 481. The van der Waals surface area contributed by atoms with Gasteiger partial charge in [-0.3, -0.25) is 4.79 Å². The Hall–Kier alpha value is -1.59. The number of benzene rings is 1. The molecule has 1 fully saturated rings. The van der Waals surface area contributed by atoms with Crippen molar-refractivity contribution in [2.24, 2.45) is 5.41 Å². The molecule has 24 heavy (non-hydrogen) atoms. The van der Waals surface area contributed by atoms with Crippen molar-refractivity contribution >= 4 is 11.6 Å². The summed E-state index contributed by atoms with van der Waals surface area (Å²) in [4.78, 5) is 14.9. The number of hydrogen-bond acceptors (Lipinski definition) is 4. The molecule has 1 heterocycles. The summed E-state index contributed by atoms with van der Waals surface area (Å²) >= 11 is 0. The average molecular weight is 333 g/mol. The molecular formula is C19H31N3O2. The molecule has 5 nitrogen and oxygen atoms in total. The van der Waals surface area contributed by atoms with Gasteiger partial charge < -0.3 is 20.3 Å². The highest BCUT2D eigenvalue weighted by Gasteiger charge is 2.39. The number of nitrogens with zero attached hydrogens (tertiary/aromatic N) is 1. The third kappa shape index (κ3) is 5.21. The summed E-state index contributed by atoms with van der Waals surface area (Å²) in [5.74, 6) is 0.155. The predicted molar refractivity (Wildman–Crippen MR) is 98.4 cm³/mol. The minimum absolute atomic E-state index is 0.155. The van der Waals surface area contributed by atoms with E-state index in [0.29, 0.717) is 6.61 Å². The van der Waals surface area contributed by atoms with Gasteiger partial charge in [0.15, 0.2) is 0 Å². The van der Waals surface area contributed by atoms with Gasteiger partial charge in [0.05, 0.1) is 12.0 Å². The molecule has 134 valence electrons. The minimum atomic E-state index is -0.346. The van der Waals surface area contributed by atoms with E-state index in [9.17, 15) is 4.79 Å². The lowest BCUT2D eigenvalue weighted by Gasteiger charge is -2.35. The lowest BCUT2D eigenvalue weighted by atomic mass is 9.78. The lowest BCUT2D eigenvalue weighted by molar-refractivity contribution is -0.136. The van der Waals surface area contributed by atoms with Gasteiger partial charge in [0.1, 0.15) is 0 Å². The number of anilines is 1. The number of unbranched alkanes of at least 4 members (excludes halogenated alkanes) is 1. The molecule has 1 saturated heterocycles. The van der Waals surface area contributed by atoms with Crippen LogP contribution in [0.2, 0.25) is 0 Å². The Kier molecular flexibility index (Phi) is 7.53. The van der Waals surface area contributed by atoms with E-state index >= 15 is 0 Å². The van der Waals surface area contributed by atoms with E-state index in [1.807, 2.05) is 6.07 Å². The molecule has 0 bridgehead atoms. The Balaban J connectivity index is 1.68. The molecule has 2 N–H and O–H groups in total. The number of hydrogen-bond donors (Lipinski definition) is 2. The molecule has 0 atom stereocenters. The van der Waals surface area contributed by atoms with Crippen LogP contribution in [-0.4, -0.2) is 52.9 Å². The maximum atomic E-state index is 12.6. The van der Waals surface area contributed by atoms with Gasteiger partial charge in [-0.25, -0.2) is 0 Å². The van der Waals surface area contributed by atoms with Crippen LogP contribution in [0.3, 0.4) is 0 Å². The third-order valence-electron chi connectivity index (χ3n) is 4.87. The minimum Gasteiger partial charge on any atom is -0.384 e. The van der Waals surface area contributed by atoms with Crippen LogP contribution in [0.1, 0.15) is 25.7 Å². The van der Waals surface area contributed by atoms with E-state index in [0.717, 1.165) is 51.9 Å². The van der Waals surface area contributed by atoms with Crippen LogP contribution in [0.15, 0.2) is 30.3 Å². The van der Waals surface area contributed by atoms with Gasteiger partial charge >= 0.3 is 0 Å². The summed E-state index contributed by atoms with van der Waals surface area (Å²) < 4.78 is 5.32. The molecule has 0 saturated carbocycles. The molecule has 1 amide bonds. The number of amides is 1. The molecule has 2 rings (SSSR count). The second-order valence-corrected chi connectivity index (χ2v) is 6.68. The molecular weight excluding hydrogens is 302 g/mol. The summed E-state index contributed by atoms with van der Waals surface area (Å²) in [5, 5.41) is 6.44. The zero-order chi connectivity index (χ0) is 17.3. The van der Waals surface area contributed by atoms with Crippen LogP contribution in [0, 0.1) is 5.41 Å². The molecule has 1 aliphatic heterocycles. The Morgan fingerprint density at radius 1 is 1.25 bits per heavy atom. The number of rotatable bonds is 9.